The normalized spacial score (nSPS) is 20.1. The Labute approximate surface area is 202 Å². The molecule has 188 valence electrons. The highest BCUT2D eigenvalue weighted by molar-refractivity contribution is 5.96. The van der Waals surface area contributed by atoms with E-state index in [9.17, 15) is 22.8 Å². The van der Waals surface area contributed by atoms with Gasteiger partial charge in [0.05, 0.1) is 12.7 Å². The largest absolute Gasteiger partial charge is 0.497 e. The average molecular weight is 490 g/mol. The first kappa shape index (κ1) is 24.9. The van der Waals surface area contributed by atoms with Gasteiger partial charge in [-0.25, -0.2) is 4.79 Å². The number of rotatable bonds is 5. The van der Waals surface area contributed by atoms with E-state index in [0.717, 1.165) is 17.4 Å². The van der Waals surface area contributed by atoms with Gasteiger partial charge in [0.2, 0.25) is 5.91 Å². The highest BCUT2D eigenvalue weighted by atomic mass is 19.4. The molecule has 0 atom stereocenters. The molecule has 2 aromatic carbocycles. The molecule has 0 unspecified atom stereocenters. The first-order chi connectivity index (χ1) is 16.7. The summed E-state index contributed by atoms with van der Waals surface area (Å²) in [6.45, 7) is 0.914. The summed E-state index contributed by atoms with van der Waals surface area (Å²) in [5.41, 5.74) is 1.44. The van der Waals surface area contributed by atoms with Crippen LogP contribution in [0.2, 0.25) is 0 Å². The van der Waals surface area contributed by atoms with Crippen LogP contribution < -0.4 is 20.3 Å². The molecule has 1 heterocycles. The third-order valence-corrected chi connectivity index (χ3v) is 6.82. The number of nitrogens with one attached hydrogen (secondary N) is 2. The number of nitrogens with zero attached hydrogens (tertiary/aromatic N) is 1. The minimum Gasteiger partial charge on any atom is -0.497 e. The number of methoxy groups -OCH3 is 1. The second kappa shape index (κ2) is 10.6. The van der Waals surface area contributed by atoms with Gasteiger partial charge in [0.15, 0.2) is 0 Å². The summed E-state index contributed by atoms with van der Waals surface area (Å²) >= 11 is 0. The van der Waals surface area contributed by atoms with Crippen LogP contribution in [0.1, 0.15) is 48.8 Å². The van der Waals surface area contributed by atoms with Gasteiger partial charge in [-0.3, -0.25) is 4.79 Å². The van der Waals surface area contributed by atoms with Gasteiger partial charge in [0.1, 0.15) is 5.75 Å². The molecule has 1 saturated carbocycles. The topological polar surface area (TPSA) is 70.7 Å². The van der Waals surface area contributed by atoms with Crippen molar-refractivity contribution in [2.24, 2.45) is 5.92 Å². The quantitative estimate of drug-likeness (QED) is 0.618. The second-order valence-electron chi connectivity index (χ2n) is 9.16. The minimum absolute atomic E-state index is 0.0158. The number of alkyl halides is 3. The second-order valence-corrected chi connectivity index (χ2v) is 9.16. The van der Waals surface area contributed by atoms with Crippen LogP contribution in [0.15, 0.2) is 42.5 Å². The zero-order valence-corrected chi connectivity index (χ0v) is 19.7. The molecule has 4 rings (SSSR count). The lowest BCUT2D eigenvalue weighted by Gasteiger charge is -2.35. The highest BCUT2D eigenvalue weighted by Crippen LogP contribution is 2.37. The van der Waals surface area contributed by atoms with Crippen LogP contribution in [0.4, 0.5) is 23.7 Å². The van der Waals surface area contributed by atoms with E-state index in [1.807, 2.05) is 24.3 Å². The predicted molar refractivity (Wildman–Crippen MR) is 126 cm³/mol. The number of carbonyl (C=O) groups is 2. The van der Waals surface area contributed by atoms with Crippen LogP contribution in [-0.2, 0) is 23.9 Å². The number of amides is 3. The number of carbonyl (C=O) groups excluding carboxylic acids is 2. The molecule has 35 heavy (non-hydrogen) atoms. The Morgan fingerprint density at radius 2 is 1.77 bits per heavy atom. The van der Waals surface area contributed by atoms with Gasteiger partial charge in [-0.15, -0.1) is 0 Å². The van der Waals surface area contributed by atoms with Crippen LogP contribution in [0.3, 0.4) is 0 Å². The molecular formula is C26H30F3N3O3. The van der Waals surface area contributed by atoms with E-state index in [2.05, 4.69) is 10.6 Å². The molecule has 3 amide bonds. The molecule has 1 fully saturated rings. The van der Waals surface area contributed by atoms with E-state index in [1.54, 1.807) is 12.0 Å². The lowest BCUT2D eigenvalue weighted by molar-refractivity contribution is -0.137. The van der Waals surface area contributed by atoms with Crippen molar-refractivity contribution < 1.29 is 27.5 Å². The average Bonchev–Trinajstić information content (AvgIpc) is 2.86. The van der Waals surface area contributed by atoms with E-state index < -0.39 is 11.7 Å². The zero-order chi connectivity index (χ0) is 25.0. The smallest absolute Gasteiger partial charge is 0.416 e. The summed E-state index contributed by atoms with van der Waals surface area (Å²) in [6.07, 6.45) is -0.589. The Morgan fingerprint density at radius 1 is 1.06 bits per heavy atom. The van der Waals surface area contributed by atoms with Gasteiger partial charge in [-0.1, -0.05) is 12.1 Å². The lowest BCUT2D eigenvalue weighted by atomic mass is 9.84. The van der Waals surface area contributed by atoms with Gasteiger partial charge < -0.3 is 20.3 Å². The SMILES string of the molecule is COc1ccc(CNC(=O)NC2CCC(C(=O)N3CCCc4cc(C(F)(F)F)ccc43)CC2)cc1. The maximum Gasteiger partial charge on any atom is 0.416 e. The molecule has 2 aliphatic rings. The van der Waals surface area contributed by atoms with Gasteiger partial charge in [-0.2, -0.15) is 13.2 Å². The van der Waals surface area contributed by atoms with Crippen LogP contribution in [0.5, 0.6) is 5.75 Å². The standard InChI is InChI=1S/C26H30F3N3O3/c1-35-22-11-4-17(5-12-22)16-30-25(34)31-21-9-6-18(7-10-21)24(33)32-14-2-3-19-15-20(26(27,28)29)8-13-23(19)32/h4-5,8,11-13,15,18,21H,2-3,6-7,9-10,14,16H2,1H3,(H2,30,31,34). The van der Waals surface area contributed by atoms with Crippen LogP contribution in [0.25, 0.3) is 0 Å². The third kappa shape index (κ3) is 6.07. The molecule has 0 spiro atoms. The van der Waals surface area contributed by atoms with Crippen molar-refractivity contribution >= 4 is 17.6 Å². The summed E-state index contributed by atoms with van der Waals surface area (Å²) in [5, 5.41) is 5.83. The molecule has 0 bridgehead atoms. The third-order valence-electron chi connectivity index (χ3n) is 6.82. The minimum atomic E-state index is -4.40. The zero-order valence-electron chi connectivity index (χ0n) is 19.7. The summed E-state index contributed by atoms with van der Waals surface area (Å²) in [4.78, 5) is 27.2. The maximum atomic E-state index is 13.2. The van der Waals surface area contributed by atoms with Gasteiger partial charge >= 0.3 is 12.2 Å². The first-order valence-corrected chi connectivity index (χ1v) is 11.9. The van der Waals surface area contributed by atoms with E-state index in [-0.39, 0.29) is 23.9 Å². The summed E-state index contributed by atoms with van der Waals surface area (Å²) in [6, 6.07) is 10.8. The summed E-state index contributed by atoms with van der Waals surface area (Å²) < 4.78 is 44.4. The Bertz CT molecular complexity index is 1050. The molecule has 0 saturated heterocycles. The van der Waals surface area contributed by atoms with E-state index in [4.69, 9.17) is 4.74 Å². The van der Waals surface area contributed by atoms with Crippen molar-refractivity contribution in [2.75, 3.05) is 18.6 Å². The molecule has 0 radical (unpaired) electrons. The van der Waals surface area contributed by atoms with E-state index in [0.29, 0.717) is 62.9 Å². The number of anilines is 1. The van der Waals surface area contributed by atoms with Crippen LogP contribution >= 0.6 is 0 Å². The van der Waals surface area contributed by atoms with Crippen LogP contribution in [0, 0.1) is 5.92 Å². The number of urea groups is 1. The molecule has 1 aliphatic heterocycles. The monoisotopic (exact) mass is 489 g/mol. The molecule has 2 aromatic rings. The number of aryl methyl sites for hydroxylation is 1. The summed E-state index contributed by atoms with van der Waals surface area (Å²) in [7, 11) is 1.60. The van der Waals surface area contributed by atoms with Crippen molar-refractivity contribution in [3.05, 3.63) is 59.2 Å². The summed E-state index contributed by atoms with van der Waals surface area (Å²) in [5.74, 6) is 0.528. The number of hydrogen-bond acceptors (Lipinski definition) is 3. The Kier molecular flexibility index (Phi) is 7.52. The number of fused-ring (bicyclic) bond motifs is 1. The molecule has 2 N–H and O–H groups in total. The number of ether oxygens (including phenoxy) is 1. The fourth-order valence-corrected chi connectivity index (χ4v) is 4.87. The first-order valence-electron chi connectivity index (χ1n) is 11.9. The van der Waals surface area contributed by atoms with E-state index >= 15 is 0 Å². The lowest BCUT2D eigenvalue weighted by Crippen LogP contribution is -2.46. The Hall–Kier alpha value is -3.23. The highest BCUT2D eigenvalue weighted by Gasteiger charge is 2.35. The van der Waals surface area contributed by atoms with Gasteiger partial charge in [-0.05, 0) is 80.0 Å². The van der Waals surface area contributed by atoms with Crippen molar-refractivity contribution in [1.82, 2.24) is 10.6 Å². The molecular weight excluding hydrogens is 459 g/mol. The number of benzene rings is 2. The molecule has 0 aromatic heterocycles. The van der Waals surface area contributed by atoms with Crippen LogP contribution in [-0.4, -0.2) is 31.6 Å². The van der Waals surface area contributed by atoms with Crippen molar-refractivity contribution in [3.8, 4) is 5.75 Å². The van der Waals surface area contributed by atoms with E-state index in [1.165, 1.54) is 12.1 Å². The number of hydrogen-bond donors (Lipinski definition) is 2. The molecule has 1 aliphatic carbocycles. The fourth-order valence-electron chi connectivity index (χ4n) is 4.87. The van der Waals surface area contributed by atoms with Crippen molar-refractivity contribution in [1.29, 1.82) is 0 Å². The van der Waals surface area contributed by atoms with Gasteiger partial charge in [0, 0.05) is 30.7 Å². The fraction of sp³-hybridized carbons (Fsp3) is 0.462. The Morgan fingerprint density at radius 3 is 2.43 bits per heavy atom. The Balaban J connectivity index is 1.27. The number of halogens is 3. The molecule has 9 heteroatoms. The van der Waals surface area contributed by atoms with Gasteiger partial charge in [0.25, 0.3) is 0 Å². The van der Waals surface area contributed by atoms with Crippen molar-refractivity contribution in [3.63, 3.8) is 0 Å². The van der Waals surface area contributed by atoms with Crippen molar-refractivity contribution in [2.45, 2.75) is 57.3 Å². The molecule has 6 nitrogen and oxygen atoms in total. The maximum absolute atomic E-state index is 13.2. The predicted octanol–water partition coefficient (Wildman–Crippen LogP) is 5.05.